The van der Waals surface area contributed by atoms with Gasteiger partial charge in [0.2, 0.25) is 0 Å². The molecule has 0 unspecified atom stereocenters. The van der Waals surface area contributed by atoms with E-state index in [0.717, 1.165) is 18.7 Å². The predicted octanol–water partition coefficient (Wildman–Crippen LogP) is 2.25. The molecule has 112 valence electrons. The van der Waals surface area contributed by atoms with Gasteiger partial charge in [-0.15, -0.1) is 12.4 Å². The fourth-order valence-corrected chi connectivity index (χ4v) is 2.54. The number of hydrogen-bond donors (Lipinski definition) is 2. The Morgan fingerprint density at radius 1 is 1.33 bits per heavy atom. The maximum Gasteiger partial charge on any atom is 0.257 e. The lowest BCUT2D eigenvalue weighted by atomic mass is 10.1. The van der Waals surface area contributed by atoms with Gasteiger partial charge >= 0.3 is 0 Å². The first-order chi connectivity index (χ1) is 9.65. The quantitative estimate of drug-likeness (QED) is 0.912. The summed E-state index contributed by atoms with van der Waals surface area (Å²) in [6, 6.07) is 6.31. The third-order valence-electron chi connectivity index (χ3n) is 3.62. The summed E-state index contributed by atoms with van der Waals surface area (Å²) in [6.07, 6.45) is 0. The van der Waals surface area contributed by atoms with Crippen LogP contribution in [0, 0.1) is 13.8 Å². The summed E-state index contributed by atoms with van der Waals surface area (Å²) >= 11 is 0. The smallest absolute Gasteiger partial charge is 0.257 e. The van der Waals surface area contributed by atoms with Gasteiger partial charge in [0.15, 0.2) is 0 Å². The first-order valence-corrected chi connectivity index (χ1v) is 6.67. The van der Waals surface area contributed by atoms with E-state index < -0.39 is 0 Å². The van der Waals surface area contributed by atoms with Crippen molar-refractivity contribution in [1.82, 2.24) is 15.8 Å². The molecule has 0 spiro atoms. The zero-order valence-corrected chi connectivity index (χ0v) is 12.8. The molecule has 6 heteroatoms. The monoisotopic (exact) mass is 307 g/mol. The van der Waals surface area contributed by atoms with Crippen LogP contribution < -0.4 is 10.6 Å². The van der Waals surface area contributed by atoms with Crippen LogP contribution in [0.2, 0.25) is 0 Å². The van der Waals surface area contributed by atoms with Crippen LogP contribution in [-0.4, -0.2) is 11.1 Å². The minimum absolute atomic E-state index is 0. The molecule has 0 fully saturated rings. The zero-order valence-electron chi connectivity index (χ0n) is 12.0. The molecule has 3 rings (SSSR count). The van der Waals surface area contributed by atoms with Crippen LogP contribution in [0.15, 0.2) is 22.7 Å². The predicted molar refractivity (Wildman–Crippen MR) is 81.4 cm³/mol. The summed E-state index contributed by atoms with van der Waals surface area (Å²) < 4.78 is 5.01. The average Bonchev–Trinajstić information content (AvgIpc) is 3.02. The minimum atomic E-state index is -0.139. The Labute approximate surface area is 129 Å². The SMILES string of the molecule is Cc1noc(C)c1C(=O)NCc1ccc2c(c1)CNC2.Cl. The molecule has 1 aromatic carbocycles. The van der Waals surface area contributed by atoms with Crippen molar-refractivity contribution in [3.05, 3.63) is 51.9 Å². The molecule has 2 heterocycles. The number of benzene rings is 1. The van der Waals surface area contributed by atoms with Gasteiger partial charge in [0.1, 0.15) is 11.3 Å². The number of fused-ring (bicyclic) bond motifs is 1. The van der Waals surface area contributed by atoms with Crippen LogP contribution in [0.5, 0.6) is 0 Å². The van der Waals surface area contributed by atoms with Gasteiger partial charge in [0.25, 0.3) is 5.91 Å². The fraction of sp³-hybridized carbons (Fsp3) is 0.333. The Kier molecular flexibility index (Phi) is 4.65. The van der Waals surface area contributed by atoms with Crippen molar-refractivity contribution in [2.75, 3.05) is 0 Å². The van der Waals surface area contributed by atoms with E-state index in [2.05, 4.69) is 34.0 Å². The molecule has 0 aliphatic carbocycles. The molecule has 21 heavy (non-hydrogen) atoms. The van der Waals surface area contributed by atoms with Crippen LogP contribution in [0.1, 0.15) is 38.5 Å². The number of nitrogens with zero attached hydrogens (tertiary/aromatic N) is 1. The van der Waals surface area contributed by atoms with Gasteiger partial charge < -0.3 is 15.2 Å². The standard InChI is InChI=1S/C15H17N3O2.ClH/c1-9-14(10(2)20-18-9)15(19)17-6-11-3-4-12-7-16-8-13(12)5-11;/h3-5,16H,6-8H2,1-2H3,(H,17,19);1H. The number of aromatic nitrogens is 1. The number of carbonyl (C=O) groups excluding carboxylic acids is 1. The highest BCUT2D eigenvalue weighted by atomic mass is 35.5. The van der Waals surface area contributed by atoms with Crippen molar-refractivity contribution in [2.45, 2.75) is 33.5 Å². The summed E-state index contributed by atoms with van der Waals surface area (Å²) in [5, 5.41) is 10.0. The topological polar surface area (TPSA) is 67.2 Å². The van der Waals surface area contributed by atoms with Crippen molar-refractivity contribution in [2.24, 2.45) is 0 Å². The Hall–Kier alpha value is -1.85. The third-order valence-corrected chi connectivity index (χ3v) is 3.62. The molecular formula is C15H18ClN3O2. The van der Waals surface area contributed by atoms with Gasteiger partial charge in [0.05, 0.1) is 5.69 Å². The summed E-state index contributed by atoms with van der Waals surface area (Å²) in [5.41, 5.74) is 4.92. The van der Waals surface area contributed by atoms with Gasteiger partial charge in [-0.25, -0.2) is 0 Å². The second-order valence-corrected chi connectivity index (χ2v) is 5.09. The van der Waals surface area contributed by atoms with Gasteiger partial charge in [-0.05, 0) is 30.5 Å². The molecule has 0 saturated carbocycles. The molecule has 1 aliphatic rings. The first-order valence-electron chi connectivity index (χ1n) is 6.67. The lowest BCUT2D eigenvalue weighted by Crippen LogP contribution is -2.23. The Bertz CT molecular complexity index is 647. The van der Waals surface area contributed by atoms with Crippen LogP contribution in [0.25, 0.3) is 0 Å². The fourth-order valence-electron chi connectivity index (χ4n) is 2.54. The van der Waals surface area contributed by atoms with E-state index in [-0.39, 0.29) is 18.3 Å². The highest BCUT2D eigenvalue weighted by Crippen LogP contribution is 2.17. The van der Waals surface area contributed by atoms with Gasteiger partial charge in [-0.1, -0.05) is 23.4 Å². The molecule has 0 radical (unpaired) electrons. The molecule has 0 bridgehead atoms. The summed E-state index contributed by atoms with van der Waals surface area (Å²) in [5.74, 6) is 0.415. The van der Waals surface area contributed by atoms with E-state index in [0.29, 0.717) is 23.6 Å². The van der Waals surface area contributed by atoms with Crippen molar-refractivity contribution in [3.63, 3.8) is 0 Å². The zero-order chi connectivity index (χ0) is 14.1. The Morgan fingerprint density at radius 3 is 2.81 bits per heavy atom. The van der Waals surface area contributed by atoms with Crippen molar-refractivity contribution in [1.29, 1.82) is 0 Å². The van der Waals surface area contributed by atoms with Crippen LogP contribution >= 0.6 is 12.4 Å². The highest BCUT2D eigenvalue weighted by molar-refractivity contribution is 5.96. The lowest BCUT2D eigenvalue weighted by Gasteiger charge is -2.07. The number of aryl methyl sites for hydroxylation is 2. The number of halogens is 1. The molecule has 5 nitrogen and oxygen atoms in total. The minimum Gasteiger partial charge on any atom is -0.361 e. The molecule has 1 aliphatic heterocycles. The molecule has 2 N–H and O–H groups in total. The molecular weight excluding hydrogens is 290 g/mol. The number of hydrogen-bond acceptors (Lipinski definition) is 4. The van der Waals surface area contributed by atoms with Crippen molar-refractivity contribution < 1.29 is 9.32 Å². The number of carbonyl (C=O) groups is 1. The number of rotatable bonds is 3. The first kappa shape index (κ1) is 15.5. The number of nitrogens with one attached hydrogen (secondary N) is 2. The van der Waals surface area contributed by atoms with Crippen LogP contribution in [0.4, 0.5) is 0 Å². The van der Waals surface area contributed by atoms with E-state index in [4.69, 9.17) is 4.52 Å². The van der Waals surface area contributed by atoms with E-state index >= 15 is 0 Å². The van der Waals surface area contributed by atoms with Crippen LogP contribution in [0.3, 0.4) is 0 Å². The van der Waals surface area contributed by atoms with Gasteiger partial charge in [-0.2, -0.15) is 0 Å². The second-order valence-electron chi connectivity index (χ2n) is 5.09. The normalized spacial score (nSPS) is 12.7. The molecule has 0 saturated heterocycles. The summed E-state index contributed by atoms with van der Waals surface area (Å²) in [6.45, 7) is 5.86. The summed E-state index contributed by atoms with van der Waals surface area (Å²) in [4.78, 5) is 12.1. The lowest BCUT2D eigenvalue weighted by molar-refractivity contribution is 0.0949. The van der Waals surface area contributed by atoms with Crippen LogP contribution in [-0.2, 0) is 19.6 Å². The Balaban J connectivity index is 0.00000161. The maximum absolute atomic E-state index is 12.1. The second kappa shape index (κ2) is 6.28. The Morgan fingerprint density at radius 2 is 2.10 bits per heavy atom. The molecule has 1 aromatic heterocycles. The third kappa shape index (κ3) is 3.09. The summed E-state index contributed by atoms with van der Waals surface area (Å²) in [7, 11) is 0. The molecule has 0 atom stereocenters. The van der Waals surface area contributed by atoms with E-state index in [1.807, 2.05) is 0 Å². The molecule has 1 amide bonds. The van der Waals surface area contributed by atoms with Crippen molar-refractivity contribution in [3.8, 4) is 0 Å². The van der Waals surface area contributed by atoms with Gasteiger partial charge in [0, 0.05) is 19.6 Å². The average molecular weight is 308 g/mol. The van der Waals surface area contributed by atoms with E-state index in [9.17, 15) is 4.79 Å². The van der Waals surface area contributed by atoms with E-state index in [1.54, 1.807) is 13.8 Å². The van der Waals surface area contributed by atoms with Crippen molar-refractivity contribution >= 4 is 18.3 Å². The molecule has 2 aromatic rings. The van der Waals surface area contributed by atoms with Gasteiger partial charge in [-0.3, -0.25) is 4.79 Å². The number of amides is 1. The maximum atomic E-state index is 12.1. The largest absolute Gasteiger partial charge is 0.361 e. The highest BCUT2D eigenvalue weighted by Gasteiger charge is 2.17. The van der Waals surface area contributed by atoms with E-state index in [1.165, 1.54) is 11.1 Å².